The summed E-state index contributed by atoms with van der Waals surface area (Å²) in [6, 6.07) is 11.1. The van der Waals surface area contributed by atoms with Gasteiger partial charge in [-0.1, -0.05) is 75.3 Å². The molecule has 0 N–H and O–H groups in total. The molecule has 4 rings (SSSR count). The van der Waals surface area contributed by atoms with Crippen LogP contribution in [-0.2, 0) is 35.5 Å². The van der Waals surface area contributed by atoms with E-state index in [1.807, 2.05) is 13.1 Å². The van der Waals surface area contributed by atoms with E-state index in [1.54, 1.807) is 0 Å². The van der Waals surface area contributed by atoms with Crippen LogP contribution in [0.1, 0.15) is 112 Å². The van der Waals surface area contributed by atoms with E-state index in [1.165, 1.54) is 91.1 Å². The van der Waals surface area contributed by atoms with E-state index in [0.717, 1.165) is 55.5 Å². The lowest BCUT2D eigenvalue weighted by atomic mass is 10.0. The smallest absolute Gasteiger partial charge is 0.310 e. The Labute approximate surface area is 260 Å². The summed E-state index contributed by atoms with van der Waals surface area (Å²) in [5.41, 5.74) is 7.82. The molecule has 43 heavy (non-hydrogen) atoms. The number of benzene rings is 1. The first-order valence-electron chi connectivity index (χ1n) is 17.0. The van der Waals surface area contributed by atoms with Crippen molar-refractivity contribution in [3.05, 3.63) is 76.8 Å². The molecule has 5 heteroatoms. The van der Waals surface area contributed by atoms with Crippen LogP contribution in [-0.4, -0.2) is 40.3 Å². The van der Waals surface area contributed by atoms with Gasteiger partial charge in [0.1, 0.15) is 6.54 Å². The van der Waals surface area contributed by atoms with Gasteiger partial charge in [-0.05, 0) is 76.1 Å². The number of aromatic nitrogens is 2. The third kappa shape index (κ3) is 10.1. The van der Waals surface area contributed by atoms with Crippen molar-refractivity contribution >= 4 is 16.9 Å². The zero-order valence-corrected chi connectivity index (χ0v) is 27.5. The molecule has 1 aliphatic rings. The minimum atomic E-state index is -0.0406. The van der Waals surface area contributed by atoms with E-state index in [2.05, 4.69) is 72.9 Å². The van der Waals surface area contributed by atoms with Crippen molar-refractivity contribution < 1.29 is 14.0 Å². The molecular weight excluding hydrogens is 530 g/mol. The molecular formula is C38H56N3O2+. The number of unbranched alkanes of at least 4 members (excludes halogenated alkanes) is 9. The zero-order chi connectivity index (χ0) is 30.5. The highest BCUT2D eigenvalue weighted by atomic mass is 16.5. The molecule has 1 unspecified atom stereocenters. The Hall–Kier alpha value is -2.92. The Bertz CT molecular complexity index is 1320. The predicted molar refractivity (Wildman–Crippen MR) is 179 cm³/mol. The van der Waals surface area contributed by atoms with Crippen molar-refractivity contribution in [1.29, 1.82) is 0 Å². The van der Waals surface area contributed by atoms with Crippen LogP contribution in [0.4, 0.5) is 0 Å². The van der Waals surface area contributed by atoms with Gasteiger partial charge in [0.15, 0.2) is 0 Å². The lowest BCUT2D eigenvalue weighted by Gasteiger charge is -2.37. The highest BCUT2D eigenvalue weighted by Crippen LogP contribution is 2.34. The lowest BCUT2D eigenvalue weighted by Crippen LogP contribution is -2.49. The van der Waals surface area contributed by atoms with Gasteiger partial charge in [-0.15, -0.1) is 0 Å². The third-order valence-corrected chi connectivity index (χ3v) is 9.15. The maximum absolute atomic E-state index is 12.6. The van der Waals surface area contributed by atoms with Crippen LogP contribution in [0, 0.1) is 13.8 Å². The molecule has 0 spiro atoms. The molecule has 0 fully saturated rings. The molecule has 0 amide bonds. The topological polar surface area (TPSA) is 44.1 Å². The molecule has 1 atom stereocenters. The summed E-state index contributed by atoms with van der Waals surface area (Å²) in [5.74, 6) is -0.0406. The molecule has 0 bridgehead atoms. The van der Waals surface area contributed by atoms with Gasteiger partial charge in [-0.25, -0.2) is 0 Å². The Morgan fingerprint density at radius 1 is 0.977 bits per heavy atom. The van der Waals surface area contributed by atoms with Crippen LogP contribution >= 0.6 is 0 Å². The van der Waals surface area contributed by atoms with Crippen molar-refractivity contribution in [2.45, 2.75) is 124 Å². The van der Waals surface area contributed by atoms with E-state index in [4.69, 9.17) is 4.74 Å². The molecule has 3 aromatic rings. The van der Waals surface area contributed by atoms with Crippen LogP contribution < -0.4 is 0 Å². The monoisotopic (exact) mass is 586 g/mol. The molecule has 234 valence electrons. The van der Waals surface area contributed by atoms with Gasteiger partial charge in [0.05, 0.1) is 13.6 Å². The van der Waals surface area contributed by atoms with Gasteiger partial charge >= 0.3 is 5.97 Å². The third-order valence-electron chi connectivity index (χ3n) is 9.15. The SMILES string of the molecule is CCCCCC/C=C/CCCCCCCC(=O)OC[N+]1(C)CCc2c(c3cc(C)ccc3n2CCc2ccc(C)nc2)C1. The Kier molecular flexibility index (Phi) is 12.9. The van der Waals surface area contributed by atoms with Crippen molar-refractivity contribution in [2.75, 3.05) is 20.3 Å². The Morgan fingerprint density at radius 3 is 2.47 bits per heavy atom. The molecule has 0 aliphatic carbocycles. The van der Waals surface area contributed by atoms with Gasteiger partial charge in [-0.2, -0.15) is 0 Å². The quantitative estimate of drug-likeness (QED) is 0.0646. The first-order chi connectivity index (χ1) is 20.9. The molecule has 1 aliphatic heterocycles. The number of nitrogens with zero attached hydrogens (tertiary/aromatic N) is 3. The predicted octanol–water partition coefficient (Wildman–Crippen LogP) is 9.16. The van der Waals surface area contributed by atoms with Crippen molar-refractivity contribution in [1.82, 2.24) is 9.55 Å². The summed E-state index contributed by atoms with van der Waals surface area (Å²) in [7, 11) is 2.24. The highest BCUT2D eigenvalue weighted by Gasteiger charge is 2.34. The summed E-state index contributed by atoms with van der Waals surface area (Å²) >= 11 is 0. The number of rotatable bonds is 18. The number of ether oxygens (including phenoxy) is 1. The van der Waals surface area contributed by atoms with E-state index >= 15 is 0 Å². The van der Waals surface area contributed by atoms with Gasteiger partial charge in [0, 0.05) is 53.4 Å². The van der Waals surface area contributed by atoms with Crippen LogP contribution in [0.25, 0.3) is 10.9 Å². The highest BCUT2D eigenvalue weighted by molar-refractivity contribution is 5.86. The van der Waals surface area contributed by atoms with Crippen molar-refractivity contribution in [3.63, 3.8) is 0 Å². The summed E-state index contributed by atoms with van der Waals surface area (Å²) in [6.45, 7) is 9.76. The fourth-order valence-electron chi connectivity index (χ4n) is 6.43. The van der Waals surface area contributed by atoms with Crippen LogP contribution in [0.2, 0.25) is 0 Å². The van der Waals surface area contributed by atoms with Crippen molar-refractivity contribution in [2.24, 2.45) is 0 Å². The van der Waals surface area contributed by atoms with E-state index in [0.29, 0.717) is 13.2 Å². The molecule has 3 heterocycles. The number of esters is 1. The maximum atomic E-state index is 12.6. The first kappa shape index (κ1) is 33.0. The van der Waals surface area contributed by atoms with Crippen LogP contribution in [0.5, 0.6) is 0 Å². The fraction of sp³-hybridized carbons (Fsp3) is 0.579. The minimum absolute atomic E-state index is 0.0406. The second kappa shape index (κ2) is 16.8. The standard InChI is InChI=1S/C38H56N3O2/c1-5-6-7-8-9-10-11-12-13-14-15-16-17-18-38(42)43-30-41(4)26-24-37-35(29-41)34-27-31(2)19-22-36(34)40(37)25-23-33-21-20-32(3)39-28-33/h10-11,19-22,27-28H,5-9,12-18,23-26,29-30H2,1-4H3/q+1/b11-10+. The maximum Gasteiger partial charge on any atom is 0.310 e. The number of hydrogen-bond donors (Lipinski definition) is 0. The van der Waals surface area contributed by atoms with Gasteiger partial charge in [-0.3, -0.25) is 14.3 Å². The number of quaternary nitrogens is 1. The number of carbonyl (C=O) groups excluding carboxylic acids is 1. The average Bonchev–Trinajstić information content (AvgIpc) is 3.29. The normalized spacial score (nSPS) is 16.7. The number of carbonyl (C=O) groups is 1. The minimum Gasteiger partial charge on any atom is -0.415 e. The average molecular weight is 587 g/mol. The number of fused-ring (bicyclic) bond motifs is 3. The molecule has 0 radical (unpaired) electrons. The van der Waals surface area contributed by atoms with E-state index < -0.39 is 0 Å². The second-order valence-corrected chi connectivity index (χ2v) is 13.2. The largest absolute Gasteiger partial charge is 0.415 e. The number of aryl methyl sites for hydroxylation is 4. The molecule has 0 saturated carbocycles. The molecule has 0 saturated heterocycles. The number of pyridine rings is 1. The van der Waals surface area contributed by atoms with Crippen LogP contribution in [0.3, 0.4) is 0 Å². The number of hydrogen-bond acceptors (Lipinski definition) is 3. The van der Waals surface area contributed by atoms with E-state index in [9.17, 15) is 4.79 Å². The van der Waals surface area contributed by atoms with Gasteiger partial charge < -0.3 is 9.30 Å². The van der Waals surface area contributed by atoms with Crippen molar-refractivity contribution in [3.8, 4) is 0 Å². The fourth-order valence-corrected chi connectivity index (χ4v) is 6.43. The molecule has 5 nitrogen and oxygen atoms in total. The zero-order valence-electron chi connectivity index (χ0n) is 27.5. The summed E-state index contributed by atoms with van der Waals surface area (Å²) in [6.07, 6.45) is 22.8. The Morgan fingerprint density at radius 2 is 1.72 bits per heavy atom. The lowest BCUT2D eigenvalue weighted by molar-refractivity contribution is -0.940. The first-order valence-corrected chi connectivity index (χ1v) is 17.0. The summed E-state index contributed by atoms with van der Waals surface area (Å²) in [5, 5.41) is 1.36. The summed E-state index contributed by atoms with van der Waals surface area (Å²) < 4.78 is 9.16. The van der Waals surface area contributed by atoms with Crippen LogP contribution in [0.15, 0.2) is 48.7 Å². The molecule has 2 aromatic heterocycles. The number of likely N-dealkylation sites (N-methyl/N-ethyl adjacent to an activating group) is 1. The van der Waals surface area contributed by atoms with E-state index in [-0.39, 0.29) is 5.97 Å². The number of allylic oxidation sites excluding steroid dienone is 2. The summed E-state index contributed by atoms with van der Waals surface area (Å²) in [4.78, 5) is 17.1. The Balaban J connectivity index is 1.21. The van der Waals surface area contributed by atoms with Gasteiger partial charge in [0.25, 0.3) is 0 Å². The second-order valence-electron chi connectivity index (χ2n) is 13.2. The molecule has 1 aromatic carbocycles. The van der Waals surface area contributed by atoms with Gasteiger partial charge in [0.2, 0.25) is 6.73 Å².